The number of hydrogen-bond donors (Lipinski definition) is 2. The highest BCUT2D eigenvalue weighted by molar-refractivity contribution is 7.99. The first-order chi connectivity index (χ1) is 7.54. The van der Waals surface area contributed by atoms with Crippen LogP contribution in [-0.4, -0.2) is 23.4 Å². The molecule has 0 spiro atoms. The lowest BCUT2D eigenvalue weighted by atomic mass is 10.2. The highest BCUT2D eigenvalue weighted by Gasteiger charge is 2.15. The van der Waals surface area contributed by atoms with Gasteiger partial charge in [0, 0.05) is 0 Å². The van der Waals surface area contributed by atoms with E-state index in [1.165, 1.54) is 6.07 Å². The van der Waals surface area contributed by atoms with E-state index in [9.17, 15) is 4.79 Å². The number of carbonyl (C=O) groups is 1. The summed E-state index contributed by atoms with van der Waals surface area (Å²) in [6.45, 7) is 4.75. The second kappa shape index (κ2) is 5.96. The number of nitrogens with two attached hydrogens (primary N) is 1. The molecule has 2 unspecified atom stereocenters. The monoisotopic (exact) mass is 243 g/mol. The smallest absolute Gasteiger partial charge is 0.371 e. The summed E-state index contributed by atoms with van der Waals surface area (Å²) in [7, 11) is 0. The van der Waals surface area contributed by atoms with Gasteiger partial charge in [-0.05, 0) is 37.3 Å². The van der Waals surface area contributed by atoms with Crippen LogP contribution in [0.2, 0.25) is 0 Å². The third kappa shape index (κ3) is 3.57. The zero-order chi connectivity index (χ0) is 12.1. The summed E-state index contributed by atoms with van der Waals surface area (Å²) in [5, 5.41) is 8.87. The molecule has 0 bridgehead atoms. The molecule has 2 atom stereocenters. The third-order valence-corrected chi connectivity index (χ3v) is 3.77. The van der Waals surface area contributed by atoms with Crippen molar-refractivity contribution in [2.24, 2.45) is 11.7 Å². The third-order valence-electron chi connectivity index (χ3n) is 2.27. The summed E-state index contributed by atoms with van der Waals surface area (Å²) in [5.41, 5.74) is 5.53. The summed E-state index contributed by atoms with van der Waals surface area (Å²) in [6, 6.07) is 3.20. The molecule has 0 aliphatic carbocycles. The first kappa shape index (κ1) is 13.1. The SMILES string of the molecule is CC(CN)CSC(C)c1ccc(C(=O)O)o1. The molecule has 1 rings (SSSR count). The van der Waals surface area contributed by atoms with E-state index in [1.54, 1.807) is 17.8 Å². The Morgan fingerprint density at radius 2 is 2.25 bits per heavy atom. The Morgan fingerprint density at radius 3 is 2.75 bits per heavy atom. The second-order valence-electron chi connectivity index (χ2n) is 3.82. The summed E-state index contributed by atoms with van der Waals surface area (Å²) >= 11 is 1.72. The van der Waals surface area contributed by atoms with Crippen LogP contribution in [0.5, 0.6) is 0 Å². The van der Waals surface area contributed by atoms with Crippen molar-refractivity contribution in [3.63, 3.8) is 0 Å². The molecule has 0 aliphatic rings. The van der Waals surface area contributed by atoms with E-state index in [0.717, 1.165) is 5.75 Å². The Hall–Kier alpha value is -0.940. The Balaban J connectivity index is 2.52. The quantitative estimate of drug-likeness (QED) is 0.802. The van der Waals surface area contributed by atoms with Crippen LogP contribution in [0, 0.1) is 5.92 Å². The molecule has 0 radical (unpaired) electrons. The van der Waals surface area contributed by atoms with Gasteiger partial charge in [-0.3, -0.25) is 0 Å². The normalized spacial score (nSPS) is 14.7. The molecule has 3 N–H and O–H groups in total. The molecule has 1 aromatic rings. The highest BCUT2D eigenvalue weighted by Crippen LogP contribution is 2.30. The molecular formula is C11H17NO3S. The van der Waals surface area contributed by atoms with Gasteiger partial charge in [-0.1, -0.05) is 6.92 Å². The van der Waals surface area contributed by atoms with Crippen LogP contribution in [0.1, 0.15) is 35.4 Å². The summed E-state index contributed by atoms with van der Waals surface area (Å²) in [6.07, 6.45) is 0. The van der Waals surface area contributed by atoms with E-state index in [4.69, 9.17) is 15.3 Å². The van der Waals surface area contributed by atoms with Gasteiger partial charge in [-0.25, -0.2) is 4.79 Å². The van der Waals surface area contributed by atoms with Crippen molar-refractivity contribution in [3.8, 4) is 0 Å². The number of thioether (sulfide) groups is 1. The Bertz CT molecular complexity index is 351. The van der Waals surface area contributed by atoms with E-state index in [0.29, 0.717) is 18.2 Å². The second-order valence-corrected chi connectivity index (χ2v) is 5.20. The zero-order valence-corrected chi connectivity index (χ0v) is 10.3. The molecule has 0 fully saturated rings. The highest BCUT2D eigenvalue weighted by atomic mass is 32.2. The summed E-state index contributed by atoms with van der Waals surface area (Å²) in [5.74, 6) is 1.07. The predicted molar refractivity (Wildman–Crippen MR) is 64.8 cm³/mol. The average molecular weight is 243 g/mol. The van der Waals surface area contributed by atoms with Crippen molar-refractivity contribution >= 4 is 17.7 Å². The minimum atomic E-state index is -1.03. The van der Waals surface area contributed by atoms with Gasteiger partial charge in [-0.15, -0.1) is 0 Å². The first-order valence-electron chi connectivity index (χ1n) is 5.19. The summed E-state index contributed by atoms with van der Waals surface area (Å²) < 4.78 is 5.22. The average Bonchev–Trinajstić information content (AvgIpc) is 2.74. The van der Waals surface area contributed by atoms with Gasteiger partial charge in [-0.2, -0.15) is 11.8 Å². The van der Waals surface area contributed by atoms with Crippen molar-refractivity contribution in [1.29, 1.82) is 0 Å². The zero-order valence-electron chi connectivity index (χ0n) is 9.47. The molecule has 16 heavy (non-hydrogen) atoms. The van der Waals surface area contributed by atoms with Gasteiger partial charge in [0.1, 0.15) is 5.76 Å². The fourth-order valence-corrected chi connectivity index (χ4v) is 2.19. The van der Waals surface area contributed by atoms with E-state index in [1.807, 2.05) is 6.92 Å². The molecule has 0 aliphatic heterocycles. The molecule has 5 heteroatoms. The van der Waals surface area contributed by atoms with E-state index in [-0.39, 0.29) is 11.0 Å². The molecule has 0 saturated carbocycles. The van der Waals surface area contributed by atoms with E-state index in [2.05, 4.69) is 6.92 Å². The molecule has 0 saturated heterocycles. The van der Waals surface area contributed by atoms with Crippen LogP contribution in [-0.2, 0) is 0 Å². The molecule has 90 valence electrons. The standard InChI is InChI=1S/C11H17NO3S/c1-7(5-12)6-16-8(2)9-3-4-10(15-9)11(13)14/h3-4,7-8H,5-6,12H2,1-2H3,(H,13,14). The Labute approximate surface area is 99.2 Å². The molecule has 0 amide bonds. The minimum absolute atomic E-state index is 0.00526. The van der Waals surface area contributed by atoms with Crippen LogP contribution < -0.4 is 5.73 Å². The van der Waals surface area contributed by atoms with E-state index < -0.39 is 5.97 Å². The van der Waals surface area contributed by atoms with Crippen LogP contribution in [0.3, 0.4) is 0 Å². The molecule has 0 aromatic carbocycles. The van der Waals surface area contributed by atoms with Gasteiger partial charge in [0.15, 0.2) is 0 Å². The lowest BCUT2D eigenvalue weighted by Gasteiger charge is -2.11. The van der Waals surface area contributed by atoms with Crippen LogP contribution >= 0.6 is 11.8 Å². The topological polar surface area (TPSA) is 76.5 Å². The fraction of sp³-hybridized carbons (Fsp3) is 0.545. The Kier molecular flexibility index (Phi) is 4.89. The molecule has 4 nitrogen and oxygen atoms in total. The van der Waals surface area contributed by atoms with Crippen molar-refractivity contribution in [1.82, 2.24) is 0 Å². The van der Waals surface area contributed by atoms with Crippen molar-refractivity contribution < 1.29 is 14.3 Å². The van der Waals surface area contributed by atoms with Crippen molar-refractivity contribution in [2.45, 2.75) is 19.1 Å². The van der Waals surface area contributed by atoms with Crippen LogP contribution in [0.25, 0.3) is 0 Å². The Morgan fingerprint density at radius 1 is 1.56 bits per heavy atom. The van der Waals surface area contributed by atoms with Gasteiger partial charge in [0.25, 0.3) is 0 Å². The first-order valence-corrected chi connectivity index (χ1v) is 6.24. The van der Waals surface area contributed by atoms with E-state index >= 15 is 0 Å². The maximum absolute atomic E-state index is 10.6. The lowest BCUT2D eigenvalue weighted by Crippen LogP contribution is -2.13. The molecule has 1 heterocycles. The molecular weight excluding hydrogens is 226 g/mol. The van der Waals surface area contributed by atoms with Crippen LogP contribution in [0.4, 0.5) is 0 Å². The van der Waals surface area contributed by atoms with Crippen molar-refractivity contribution in [2.75, 3.05) is 12.3 Å². The van der Waals surface area contributed by atoms with Crippen LogP contribution in [0.15, 0.2) is 16.5 Å². The molecule has 1 aromatic heterocycles. The van der Waals surface area contributed by atoms with Gasteiger partial charge >= 0.3 is 5.97 Å². The number of furan rings is 1. The maximum atomic E-state index is 10.6. The largest absolute Gasteiger partial charge is 0.475 e. The van der Waals surface area contributed by atoms with Crippen molar-refractivity contribution in [3.05, 3.63) is 23.7 Å². The lowest BCUT2D eigenvalue weighted by molar-refractivity contribution is 0.0660. The summed E-state index contributed by atoms with van der Waals surface area (Å²) in [4.78, 5) is 10.6. The van der Waals surface area contributed by atoms with Gasteiger partial charge in [0.05, 0.1) is 5.25 Å². The number of carboxylic acid groups (broad SMARTS) is 1. The van der Waals surface area contributed by atoms with Gasteiger partial charge < -0.3 is 15.3 Å². The minimum Gasteiger partial charge on any atom is -0.475 e. The number of hydrogen-bond acceptors (Lipinski definition) is 4. The fourth-order valence-electron chi connectivity index (χ4n) is 1.15. The maximum Gasteiger partial charge on any atom is 0.371 e. The van der Waals surface area contributed by atoms with Gasteiger partial charge in [0.2, 0.25) is 5.76 Å². The number of rotatable bonds is 6. The predicted octanol–water partition coefficient (Wildman–Crippen LogP) is 2.37. The number of aromatic carboxylic acids is 1. The number of carboxylic acids is 1.